The van der Waals surface area contributed by atoms with E-state index in [1.54, 1.807) is 0 Å². The maximum atomic E-state index is 8.90. The van der Waals surface area contributed by atoms with Crippen molar-refractivity contribution in [2.75, 3.05) is 26.4 Å². The highest BCUT2D eigenvalue weighted by Crippen LogP contribution is 1.89. The second kappa shape index (κ2) is 9.82. The van der Waals surface area contributed by atoms with Crippen LogP contribution in [0.5, 0.6) is 0 Å². The fourth-order valence-corrected chi connectivity index (χ4v) is 0.694. The van der Waals surface area contributed by atoms with Gasteiger partial charge >= 0.3 is 0 Å². The van der Waals surface area contributed by atoms with Gasteiger partial charge in [-0.2, -0.15) is 0 Å². The van der Waals surface area contributed by atoms with Crippen LogP contribution in [0.15, 0.2) is 25.3 Å². The lowest BCUT2D eigenvalue weighted by molar-refractivity contribution is -0.0992. The van der Waals surface area contributed by atoms with Crippen LogP contribution in [-0.4, -0.2) is 49.2 Å². The molecule has 0 saturated carbocycles. The smallest absolute Gasteiger partial charge is 0.173 e. The molecular weight excluding hydrogens is 200 g/mol. The number of rotatable bonds is 10. The van der Waals surface area contributed by atoms with Crippen LogP contribution < -0.4 is 0 Å². The van der Waals surface area contributed by atoms with Gasteiger partial charge in [0.2, 0.25) is 0 Å². The number of hydrogen-bond acceptors (Lipinski definition) is 5. The molecule has 0 bridgehead atoms. The van der Waals surface area contributed by atoms with Crippen LogP contribution >= 0.6 is 0 Å². The molecule has 2 N–H and O–H groups in total. The topological polar surface area (TPSA) is 68.2 Å². The third-order valence-electron chi connectivity index (χ3n) is 1.44. The van der Waals surface area contributed by atoms with Crippen molar-refractivity contribution in [2.45, 2.75) is 12.6 Å². The van der Waals surface area contributed by atoms with E-state index >= 15 is 0 Å². The molecule has 0 heterocycles. The standard InChI is InChI=1S/C10H18O5/c1-3-9(11)14-7-5-13-6-8-15-10(12)4-2/h3-4,9-12H,1-2,5-8H2. The van der Waals surface area contributed by atoms with Crippen LogP contribution in [0.2, 0.25) is 0 Å². The second-order valence-corrected chi connectivity index (χ2v) is 2.61. The molecule has 0 aliphatic carbocycles. The van der Waals surface area contributed by atoms with Gasteiger partial charge in [-0.15, -0.1) is 0 Å². The summed E-state index contributed by atoms with van der Waals surface area (Å²) < 4.78 is 14.8. The first-order valence-electron chi connectivity index (χ1n) is 4.63. The Morgan fingerprint density at radius 3 is 1.60 bits per heavy atom. The third kappa shape index (κ3) is 9.58. The van der Waals surface area contributed by atoms with Gasteiger partial charge in [0.05, 0.1) is 26.4 Å². The Kier molecular flexibility index (Phi) is 9.35. The molecule has 2 unspecified atom stereocenters. The monoisotopic (exact) mass is 218 g/mol. The summed E-state index contributed by atoms with van der Waals surface area (Å²) in [6.07, 6.45) is 0.660. The molecule has 0 aliphatic rings. The van der Waals surface area contributed by atoms with Gasteiger partial charge in [0, 0.05) is 0 Å². The van der Waals surface area contributed by atoms with E-state index in [0.717, 1.165) is 0 Å². The SMILES string of the molecule is C=CC(O)OCCOCCOC(O)C=C. The Bertz CT molecular complexity index is 153. The van der Waals surface area contributed by atoms with Crippen molar-refractivity contribution in [1.82, 2.24) is 0 Å². The summed E-state index contributed by atoms with van der Waals surface area (Å²) >= 11 is 0. The van der Waals surface area contributed by atoms with Gasteiger partial charge in [-0.3, -0.25) is 0 Å². The fraction of sp³-hybridized carbons (Fsp3) is 0.600. The Labute approximate surface area is 89.6 Å². The molecule has 0 saturated heterocycles. The summed E-state index contributed by atoms with van der Waals surface area (Å²) in [4.78, 5) is 0. The van der Waals surface area contributed by atoms with Crippen LogP contribution in [0.4, 0.5) is 0 Å². The van der Waals surface area contributed by atoms with Crippen molar-refractivity contribution in [3.63, 3.8) is 0 Å². The molecule has 0 aliphatic heterocycles. The first-order chi connectivity index (χ1) is 7.20. The molecular formula is C10H18O5. The van der Waals surface area contributed by atoms with Gasteiger partial charge in [0.1, 0.15) is 0 Å². The zero-order valence-corrected chi connectivity index (χ0v) is 8.67. The Morgan fingerprint density at radius 2 is 1.27 bits per heavy atom. The fourth-order valence-electron chi connectivity index (χ4n) is 0.694. The lowest BCUT2D eigenvalue weighted by Gasteiger charge is -2.09. The molecule has 0 radical (unpaired) electrons. The molecule has 0 aromatic heterocycles. The van der Waals surface area contributed by atoms with Crippen molar-refractivity contribution in [1.29, 1.82) is 0 Å². The maximum Gasteiger partial charge on any atom is 0.173 e. The summed E-state index contributed by atoms with van der Waals surface area (Å²) in [5.41, 5.74) is 0. The van der Waals surface area contributed by atoms with Gasteiger partial charge in [0.15, 0.2) is 12.6 Å². The molecule has 5 nitrogen and oxygen atoms in total. The van der Waals surface area contributed by atoms with E-state index in [9.17, 15) is 0 Å². The molecule has 0 fully saturated rings. The minimum Gasteiger partial charge on any atom is -0.377 e. The quantitative estimate of drug-likeness (QED) is 0.308. The maximum absolute atomic E-state index is 8.90. The average Bonchev–Trinajstić information content (AvgIpc) is 2.26. The highest BCUT2D eigenvalue weighted by atomic mass is 16.6. The molecule has 0 aromatic carbocycles. The van der Waals surface area contributed by atoms with Gasteiger partial charge in [0.25, 0.3) is 0 Å². The second-order valence-electron chi connectivity index (χ2n) is 2.61. The van der Waals surface area contributed by atoms with E-state index in [1.165, 1.54) is 12.2 Å². The lowest BCUT2D eigenvalue weighted by atomic mass is 10.6. The largest absolute Gasteiger partial charge is 0.377 e. The van der Waals surface area contributed by atoms with Crippen LogP contribution in [0.3, 0.4) is 0 Å². The van der Waals surface area contributed by atoms with Crippen LogP contribution in [0, 0.1) is 0 Å². The zero-order chi connectivity index (χ0) is 11.5. The molecule has 0 spiro atoms. The minimum atomic E-state index is -0.951. The number of ether oxygens (including phenoxy) is 3. The van der Waals surface area contributed by atoms with Crippen molar-refractivity contribution in [3.8, 4) is 0 Å². The van der Waals surface area contributed by atoms with Crippen LogP contribution in [0.25, 0.3) is 0 Å². The van der Waals surface area contributed by atoms with Crippen molar-refractivity contribution < 1.29 is 24.4 Å². The highest BCUT2D eigenvalue weighted by molar-refractivity contribution is 4.69. The number of aliphatic hydroxyl groups excluding tert-OH is 2. The van der Waals surface area contributed by atoms with Crippen LogP contribution in [0.1, 0.15) is 0 Å². The van der Waals surface area contributed by atoms with Crippen molar-refractivity contribution >= 4 is 0 Å². The molecule has 0 aromatic rings. The van der Waals surface area contributed by atoms with Crippen molar-refractivity contribution in [2.24, 2.45) is 0 Å². The van der Waals surface area contributed by atoms with E-state index in [4.69, 9.17) is 24.4 Å². The average molecular weight is 218 g/mol. The molecule has 2 atom stereocenters. The lowest BCUT2D eigenvalue weighted by Crippen LogP contribution is -2.16. The van der Waals surface area contributed by atoms with Gasteiger partial charge < -0.3 is 24.4 Å². The molecule has 0 amide bonds. The van der Waals surface area contributed by atoms with Gasteiger partial charge in [-0.1, -0.05) is 13.2 Å². The Balaban J connectivity index is 3.11. The normalized spacial score (nSPS) is 14.5. The molecule has 88 valence electrons. The van der Waals surface area contributed by atoms with Crippen molar-refractivity contribution in [3.05, 3.63) is 25.3 Å². The first-order valence-corrected chi connectivity index (χ1v) is 4.63. The summed E-state index contributed by atoms with van der Waals surface area (Å²) in [6.45, 7) is 7.93. The zero-order valence-electron chi connectivity index (χ0n) is 8.67. The summed E-state index contributed by atoms with van der Waals surface area (Å²) in [7, 11) is 0. The predicted octanol–water partition coefficient (Wildman–Crippen LogP) is 0.0450. The van der Waals surface area contributed by atoms with Gasteiger partial charge in [-0.25, -0.2) is 0 Å². The Morgan fingerprint density at radius 1 is 0.867 bits per heavy atom. The molecule has 0 rings (SSSR count). The van der Waals surface area contributed by atoms with E-state index < -0.39 is 12.6 Å². The third-order valence-corrected chi connectivity index (χ3v) is 1.44. The first kappa shape index (κ1) is 14.3. The van der Waals surface area contributed by atoms with E-state index in [1.807, 2.05) is 0 Å². The number of hydrogen-bond donors (Lipinski definition) is 2. The van der Waals surface area contributed by atoms with Gasteiger partial charge in [-0.05, 0) is 12.2 Å². The van der Waals surface area contributed by atoms with E-state index in [0.29, 0.717) is 13.2 Å². The highest BCUT2D eigenvalue weighted by Gasteiger charge is 1.98. The van der Waals surface area contributed by atoms with E-state index in [-0.39, 0.29) is 13.2 Å². The summed E-state index contributed by atoms with van der Waals surface area (Å²) in [5.74, 6) is 0. The molecule has 5 heteroatoms. The predicted molar refractivity (Wildman–Crippen MR) is 55.1 cm³/mol. The molecule has 15 heavy (non-hydrogen) atoms. The van der Waals surface area contributed by atoms with E-state index in [2.05, 4.69) is 13.2 Å². The summed E-state index contributed by atoms with van der Waals surface area (Å²) in [5, 5.41) is 17.8. The Hall–Kier alpha value is -0.720. The minimum absolute atomic E-state index is 0.275. The van der Waals surface area contributed by atoms with Crippen LogP contribution in [-0.2, 0) is 14.2 Å². The number of aliphatic hydroxyl groups is 2. The summed E-state index contributed by atoms with van der Waals surface area (Å²) in [6, 6.07) is 0.